The molecule has 5 nitrogen and oxygen atoms in total. The molecule has 0 bridgehead atoms. The molecule has 1 amide bonds. The van der Waals surface area contributed by atoms with Crippen LogP contribution in [0.15, 0.2) is 54.6 Å². The Labute approximate surface area is 141 Å². The Bertz CT molecular complexity index is 722. The van der Waals surface area contributed by atoms with Crippen LogP contribution < -0.4 is 10.3 Å². The minimum atomic E-state index is -0.227. The first kappa shape index (κ1) is 16.4. The Balaban J connectivity index is 1.79. The molecule has 3 rings (SSSR count). The first-order valence-electron chi connectivity index (χ1n) is 8.21. The summed E-state index contributed by atoms with van der Waals surface area (Å²) in [5.74, 6) is -0.362. The molecule has 0 aliphatic carbocycles. The minimum Gasteiger partial charge on any atom is -0.335 e. The van der Waals surface area contributed by atoms with E-state index in [4.69, 9.17) is 0 Å². The molecular formula is C19H22N3O2+. The van der Waals surface area contributed by atoms with Gasteiger partial charge in [0.1, 0.15) is 0 Å². The molecule has 2 N–H and O–H groups in total. The first-order chi connectivity index (χ1) is 11.6. The van der Waals surface area contributed by atoms with E-state index in [9.17, 15) is 9.59 Å². The van der Waals surface area contributed by atoms with Crippen molar-refractivity contribution >= 4 is 11.7 Å². The van der Waals surface area contributed by atoms with Gasteiger partial charge in [-0.05, 0) is 6.07 Å². The van der Waals surface area contributed by atoms with Crippen molar-refractivity contribution in [2.45, 2.75) is 0 Å². The SMILES string of the molecule is C[NH+]1CCN(NC(=O)c2ccccc2C(=O)c2ccccc2)CC1. The van der Waals surface area contributed by atoms with Gasteiger partial charge in [0.05, 0.1) is 38.8 Å². The smallest absolute Gasteiger partial charge is 0.266 e. The number of ketones is 1. The van der Waals surface area contributed by atoms with E-state index in [1.807, 2.05) is 23.2 Å². The van der Waals surface area contributed by atoms with E-state index < -0.39 is 0 Å². The average Bonchev–Trinajstić information content (AvgIpc) is 2.63. The van der Waals surface area contributed by atoms with Crippen molar-refractivity contribution < 1.29 is 14.5 Å². The van der Waals surface area contributed by atoms with Gasteiger partial charge in [0.15, 0.2) is 5.78 Å². The second-order valence-corrected chi connectivity index (χ2v) is 6.13. The molecule has 0 spiro atoms. The van der Waals surface area contributed by atoms with Crippen molar-refractivity contribution in [2.24, 2.45) is 0 Å². The van der Waals surface area contributed by atoms with Crippen LogP contribution in [-0.4, -0.2) is 49.9 Å². The quantitative estimate of drug-likeness (QED) is 0.800. The Morgan fingerprint density at radius 2 is 1.50 bits per heavy atom. The topological polar surface area (TPSA) is 53.9 Å². The zero-order valence-corrected chi connectivity index (χ0v) is 13.8. The summed E-state index contributed by atoms with van der Waals surface area (Å²) < 4.78 is 0. The zero-order chi connectivity index (χ0) is 16.9. The summed E-state index contributed by atoms with van der Waals surface area (Å²) in [6.45, 7) is 3.61. The maximum atomic E-state index is 12.7. The lowest BCUT2D eigenvalue weighted by Crippen LogP contribution is -3.12. The molecular weight excluding hydrogens is 302 g/mol. The molecule has 0 unspecified atom stereocenters. The fourth-order valence-electron chi connectivity index (χ4n) is 2.83. The third-order valence-electron chi connectivity index (χ3n) is 4.33. The van der Waals surface area contributed by atoms with E-state index in [1.165, 1.54) is 4.90 Å². The molecule has 5 heteroatoms. The van der Waals surface area contributed by atoms with Gasteiger partial charge in [0.2, 0.25) is 0 Å². The predicted molar refractivity (Wildman–Crippen MR) is 92.0 cm³/mol. The van der Waals surface area contributed by atoms with Gasteiger partial charge in [-0.15, -0.1) is 0 Å². The molecule has 1 heterocycles. The van der Waals surface area contributed by atoms with Crippen LogP contribution in [0.3, 0.4) is 0 Å². The molecule has 2 aromatic rings. The second kappa shape index (κ2) is 7.38. The summed E-state index contributed by atoms with van der Waals surface area (Å²) in [6.07, 6.45) is 0. The lowest BCUT2D eigenvalue weighted by Gasteiger charge is -2.30. The molecule has 0 radical (unpaired) electrons. The second-order valence-electron chi connectivity index (χ2n) is 6.13. The van der Waals surface area contributed by atoms with E-state index in [2.05, 4.69) is 12.5 Å². The van der Waals surface area contributed by atoms with Crippen molar-refractivity contribution in [3.63, 3.8) is 0 Å². The Hall–Kier alpha value is -2.50. The molecule has 1 saturated heterocycles. The molecule has 0 saturated carbocycles. The number of quaternary nitrogens is 1. The van der Waals surface area contributed by atoms with Crippen LogP contribution >= 0.6 is 0 Å². The van der Waals surface area contributed by atoms with Crippen molar-refractivity contribution in [1.29, 1.82) is 0 Å². The number of likely N-dealkylation sites (N-methyl/N-ethyl adjacent to an activating group) is 1. The van der Waals surface area contributed by atoms with Crippen LogP contribution in [0.25, 0.3) is 0 Å². The van der Waals surface area contributed by atoms with E-state index in [-0.39, 0.29) is 11.7 Å². The fourth-order valence-corrected chi connectivity index (χ4v) is 2.83. The van der Waals surface area contributed by atoms with Crippen molar-refractivity contribution in [1.82, 2.24) is 10.4 Å². The molecule has 0 atom stereocenters. The number of hydrazine groups is 1. The van der Waals surface area contributed by atoms with Crippen LogP contribution in [0, 0.1) is 0 Å². The van der Waals surface area contributed by atoms with E-state index in [1.54, 1.807) is 36.4 Å². The molecule has 1 aliphatic heterocycles. The summed E-state index contributed by atoms with van der Waals surface area (Å²) >= 11 is 0. The highest BCUT2D eigenvalue weighted by molar-refractivity contribution is 6.15. The number of nitrogens with one attached hydrogen (secondary N) is 2. The fraction of sp³-hybridized carbons (Fsp3) is 0.263. The van der Waals surface area contributed by atoms with Gasteiger partial charge in [0, 0.05) is 11.1 Å². The molecule has 2 aromatic carbocycles. The number of hydrogen-bond donors (Lipinski definition) is 2. The normalized spacial score (nSPS) is 15.9. The number of carbonyl (C=O) groups excluding carboxylic acids is 2. The van der Waals surface area contributed by atoms with Crippen molar-refractivity contribution in [3.8, 4) is 0 Å². The first-order valence-corrected chi connectivity index (χ1v) is 8.21. The van der Waals surface area contributed by atoms with Crippen molar-refractivity contribution in [2.75, 3.05) is 33.2 Å². The standard InChI is InChI=1S/C19H21N3O2/c1-21-11-13-22(14-12-21)20-19(24)17-10-6-5-9-16(17)18(23)15-7-3-2-4-8-15/h2-10H,11-14H2,1H3,(H,20,24)/p+1. The molecule has 1 fully saturated rings. The lowest BCUT2D eigenvalue weighted by atomic mass is 9.98. The summed E-state index contributed by atoms with van der Waals surface area (Å²) in [7, 11) is 2.15. The number of rotatable bonds is 4. The van der Waals surface area contributed by atoms with E-state index in [0.29, 0.717) is 16.7 Å². The number of carbonyl (C=O) groups is 2. The number of hydrogen-bond acceptors (Lipinski definition) is 3. The molecule has 24 heavy (non-hydrogen) atoms. The minimum absolute atomic E-state index is 0.135. The molecule has 1 aliphatic rings. The van der Waals surface area contributed by atoms with Crippen LogP contribution in [0.2, 0.25) is 0 Å². The van der Waals surface area contributed by atoms with Crippen LogP contribution in [0.5, 0.6) is 0 Å². The van der Waals surface area contributed by atoms with Gasteiger partial charge in [-0.1, -0.05) is 48.5 Å². The Morgan fingerprint density at radius 1 is 0.917 bits per heavy atom. The predicted octanol–water partition coefficient (Wildman–Crippen LogP) is 0.393. The van der Waals surface area contributed by atoms with Crippen LogP contribution in [-0.2, 0) is 0 Å². The Kier molecular flexibility index (Phi) is 5.03. The van der Waals surface area contributed by atoms with Gasteiger partial charge in [0.25, 0.3) is 5.91 Å². The lowest BCUT2D eigenvalue weighted by molar-refractivity contribution is -0.884. The van der Waals surface area contributed by atoms with Crippen LogP contribution in [0.1, 0.15) is 26.3 Å². The number of nitrogens with zero attached hydrogens (tertiary/aromatic N) is 1. The van der Waals surface area contributed by atoms with E-state index >= 15 is 0 Å². The third-order valence-corrected chi connectivity index (χ3v) is 4.33. The van der Waals surface area contributed by atoms with Crippen molar-refractivity contribution in [3.05, 3.63) is 71.3 Å². The molecule has 0 aromatic heterocycles. The summed E-state index contributed by atoms with van der Waals surface area (Å²) in [6, 6.07) is 16.0. The highest BCUT2D eigenvalue weighted by Gasteiger charge is 2.22. The van der Waals surface area contributed by atoms with Gasteiger partial charge in [-0.25, -0.2) is 5.01 Å². The maximum absolute atomic E-state index is 12.7. The number of amides is 1. The number of benzene rings is 2. The van der Waals surface area contributed by atoms with Gasteiger partial charge in [-0.2, -0.15) is 0 Å². The summed E-state index contributed by atoms with van der Waals surface area (Å²) in [5.41, 5.74) is 4.36. The Morgan fingerprint density at radius 3 is 2.17 bits per heavy atom. The third kappa shape index (κ3) is 3.69. The molecule has 124 valence electrons. The number of piperazine rings is 1. The van der Waals surface area contributed by atoms with Gasteiger partial charge in [-0.3, -0.25) is 15.0 Å². The average molecular weight is 324 g/mol. The van der Waals surface area contributed by atoms with Gasteiger partial charge >= 0.3 is 0 Å². The maximum Gasteiger partial charge on any atom is 0.266 e. The zero-order valence-electron chi connectivity index (χ0n) is 13.8. The summed E-state index contributed by atoms with van der Waals surface area (Å²) in [5, 5.41) is 1.93. The van der Waals surface area contributed by atoms with E-state index in [0.717, 1.165) is 26.2 Å². The summed E-state index contributed by atoms with van der Waals surface area (Å²) in [4.78, 5) is 26.8. The van der Waals surface area contributed by atoms with Crippen LogP contribution in [0.4, 0.5) is 0 Å². The highest BCUT2D eigenvalue weighted by atomic mass is 16.2. The monoisotopic (exact) mass is 324 g/mol. The highest BCUT2D eigenvalue weighted by Crippen LogP contribution is 2.15. The van der Waals surface area contributed by atoms with Gasteiger partial charge < -0.3 is 4.90 Å². The largest absolute Gasteiger partial charge is 0.335 e.